The third kappa shape index (κ3) is 6.46. The lowest BCUT2D eigenvalue weighted by Crippen LogP contribution is -2.02. The largest absolute Gasteiger partial charge is 0.400 e. The van der Waals surface area contributed by atoms with Crippen molar-refractivity contribution in [1.82, 2.24) is 0 Å². The Balaban J connectivity index is 0. The summed E-state index contributed by atoms with van der Waals surface area (Å²) in [5.74, 6) is -0.286. The minimum atomic E-state index is -0.275. The molecule has 82 valence electrons. The van der Waals surface area contributed by atoms with Crippen LogP contribution in [0.3, 0.4) is 0 Å². The fraction of sp³-hybridized carbons (Fsp3) is 0.500. The molecule has 0 radical (unpaired) electrons. The van der Waals surface area contributed by atoms with Gasteiger partial charge in [-0.25, -0.2) is 4.39 Å². The van der Waals surface area contributed by atoms with Gasteiger partial charge in [-0.3, -0.25) is 0 Å². The number of halogens is 1. The van der Waals surface area contributed by atoms with Crippen molar-refractivity contribution in [3.8, 4) is 0 Å². The Hall–Kier alpha value is -1.05. The third-order valence-corrected chi connectivity index (χ3v) is 1.74. The molecular weight excluding hydrogens is 177 g/mol. The van der Waals surface area contributed by atoms with Crippen LogP contribution in [-0.4, -0.2) is 0 Å². The van der Waals surface area contributed by atoms with Gasteiger partial charge in [-0.15, -0.1) is 6.58 Å². The van der Waals surface area contributed by atoms with Crippen molar-refractivity contribution in [2.24, 2.45) is 11.7 Å². The highest BCUT2D eigenvalue weighted by molar-refractivity contribution is 5.11. The van der Waals surface area contributed by atoms with E-state index < -0.39 is 0 Å². The molecule has 2 N–H and O–H groups in total. The Labute approximate surface area is 87.2 Å². The maximum atomic E-state index is 13.0. The molecule has 1 atom stereocenters. The van der Waals surface area contributed by atoms with Crippen LogP contribution >= 0.6 is 0 Å². The standard InChI is InChI=1S/C10H16FN.C2H6/c1-5-9(7(2)3)6-10(11)8(4)12;1-2/h5,9H,1-2,6,12H2,3-4H3;1-2H3/b10-8-;/t9-;/m0./s1. The van der Waals surface area contributed by atoms with Gasteiger partial charge in [-0.2, -0.15) is 0 Å². The average molecular weight is 199 g/mol. The monoisotopic (exact) mass is 199 g/mol. The zero-order valence-electron chi connectivity index (χ0n) is 9.73. The summed E-state index contributed by atoms with van der Waals surface area (Å²) in [6.07, 6.45) is 1.96. The fourth-order valence-corrected chi connectivity index (χ4v) is 0.813. The second-order valence-corrected chi connectivity index (χ2v) is 2.98. The molecule has 0 rings (SSSR count). The maximum Gasteiger partial charge on any atom is 0.119 e. The van der Waals surface area contributed by atoms with Crippen LogP contribution in [0, 0.1) is 5.92 Å². The first kappa shape index (κ1) is 15.4. The normalized spacial score (nSPS) is 13.2. The SMILES string of the molecule is C=C[C@@H](C/C(F)=C(\C)N)C(=C)C.CC. The first-order chi connectivity index (χ1) is 6.49. The van der Waals surface area contributed by atoms with Gasteiger partial charge in [0.05, 0.1) is 0 Å². The van der Waals surface area contributed by atoms with Crippen LogP contribution in [0.15, 0.2) is 36.3 Å². The zero-order valence-corrected chi connectivity index (χ0v) is 9.73. The van der Waals surface area contributed by atoms with E-state index >= 15 is 0 Å². The van der Waals surface area contributed by atoms with Crippen LogP contribution in [0.1, 0.15) is 34.1 Å². The summed E-state index contributed by atoms with van der Waals surface area (Å²) in [5.41, 5.74) is 6.42. The number of hydrogen-bond acceptors (Lipinski definition) is 1. The van der Waals surface area contributed by atoms with Gasteiger partial charge in [0.1, 0.15) is 5.83 Å². The van der Waals surface area contributed by atoms with E-state index in [-0.39, 0.29) is 23.9 Å². The molecule has 0 saturated carbocycles. The van der Waals surface area contributed by atoms with Gasteiger partial charge in [-0.1, -0.05) is 32.1 Å². The Bertz CT molecular complexity index is 212. The zero-order chi connectivity index (χ0) is 11.7. The second-order valence-electron chi connectivity index (χ2n) is 2.98. The molecule has 2 heteroatoms. The third-order valence-electron chi connectivity index (χ3n) is 1.74. The molecule has 0 heterocycles. The molecule has 0 aromatic heterocycles. The van der Waals surface area contributed by atoms with Crippen LogP contribution in [0.25, 0.3) is 0 Å². The Morgan fingerprint density at radius 1 is 1.43 bits per heavy atom. The highest BCUT2D eigenvalue weighted by atomic mass is 19.1. The molecule has 0 aliphatic heterocycles. The van der Waals surface area contributed by atoms with Crippen molar-refractivity contribution in [3.05, 3.63) is 36.3 Å². The van der Waals surface area contributed by atoms with Crippen molar-refractivity contribution in [1.29, 1.82) is 0 Å². The maximum absolute atomic E-state index is 13.0. The lowest BCUT2D eigenvalue weighted by atomic mass is 9.97. The lowest BCUT2D eigenvalue weighted by molar-refractivity contribution is 0.541. The van der Waals surface area contributed by atoms with E-state index in [0.717, 1.165) is 5.57 Å². The van der Waals surface area contributed by atoms with E-state index in [9.17, 15) is 4.39 Å². The van der Waals surface area contributed by atoms with Crippen molar-refractivity contribution in [3.63, 3.8) is 0 Å². The van der Waals surface area contributed by atoms with E-state index in [1.807, 2.05) is 20.8 Å². The molecule has 0 bridgehead atoms. The molecule has 0 fully saturated rings. The van der Waals surface area contributed by atoms with Gasteiger partial charge in [0.25, 0.3) is 0 Å². The molecule has 14 heavy (non-hydrogen) atoms. The van der Waals surface area contributed by atoms with Gasteiger partial charge < -0.3 is 5.73 Å². The summed E-state index contributed by atoms with van der Waals surface area (Å²) in [7, 11) is 0. The summed E-state index contributed by atoms with van der Waals surface area (Å²) in [4.78, 5) is 0. The predicted octanol–water partition coefficient (Wildman–Crippen LogP) is 3.94. The Kier molecular flexibility index (Phi) is 9.41. The highest BCUT2D eigenvalue weighted by Gasteiger charge is 2.08. The summed E-state index contributed by atoms with van der Waals surface area (Å²) in [6.45, 7) is 14.7. The molecule has 0 saturated heterocycles. The van der Waals surface area contributed by atoms with Gasteiger partial charge in [0, 0.05) is 18.0 Å². The molecule has 0 aliphatic carbocycles. The summed E-state index contributed by atoms with van der Waals surface area (Å²) in [5, 5.41) is 0. The number of nitrogens with two attached hydrogens (primary N) is 1. The first-order valence-corrected chi connectivity index (χ1v) is 4.87. The second kappa shape index (κ2) is 8.54. The summed E-state index contributed by atoms with van der Waals surface area (Å²) >= 11 is 0. The number of rotatable bonds is 4. The molecule has 0 spiro atoms. The topological polar surface area (TPSA) is 26.0 Å². The number of hydrogen-bond donors (Lipinski definition) is 1. The van der Waals surface area contributed by atoms with E-state index in [1.54, 1.807) is 13.0 Å². The minimum absolute atomic E-state index is 0.0106. The molecule has 0 amide bonds. The van der Waals surface area contributed by atoms with Crippen molar-refractivity contribution < 1.29 is 4.39 Å². The van der Waals surface area contributed by atoms with E-state index in [2.05, 4.69) is 13.2 Å². The summed E-state index contributed by atoms with van der Waals surface area (Å²) < 4.78 is 13.0. The van der Waals surface area contributed by atoms with Crippen LogP contribution in [-0.2, 0) is 0 Å². The highest BCUT2D eigenvalue weighted by Crippen LogP contribution is 2.21. The van der Waals surface area contributed by atoms with Crippen molar-refractivity contribution in [2.75, 3.05) is 0 Å². The molecule has 0 aliphatic rings. The number of allylic oxidation sites excluding steroid dienone is 4. The first-order valence-electron chi connectivity index (χ1n) is 4.87. The van der Waals surface area contributed by atoms with Crippen molar-refractivity contribution >= 4 is 0 Å². The summed E-state index contributed by atoms with van der Waals surface area (Å²) in [6, 6.07) is 0. The van der Waals surface area contributed by atoms with Gasteiger partial charge in [0.15, 0.2) is 0 Å². The molecule has 0 aromatic rings. The molecule has 0 aromatic carbocycles. The average Bonchev–Trinajstić information content (AvgIpc) is 2.16. The lowest BCUT2D eigenvalue weighted by Gasteiger charge is -2.10. The van der Waals surface area contributed by atoms with Crippen LogP contribution in [0.5, 0.6) is 0 Å². The van der Waals surface area contributed by atoms with Crippen LogP contribution in [0.4, 0.5) is 4.39 Å². The van der Waals surface area contributed by atoms with Gasteiger partial charge in [-0.05, 0) is 13.8 Å². The van der Waals surface area contributed by atoms with Gasteiger partial charge in [0.2, 0.25) is 0 Å². The molecule has 1 nitrogen and oxygen atoms in total. The predicted molar refractivity (Wildman–Crippen MR) is 62.5 cm³/mol. The van der Waals surface area contributed by atoms with Crippen molar-refractivity contribution in [2.45, 2.75) is 34.1 Å². The van der Waals surface area contributed by atoms with E-state index in [1.165, 1.54) is 0 Å². The van der Waals surface area contributed by atoms with E-state index in [0.29, 0.717) is 0 Å². The molecule has 0 unspecified atom stereocenters. The van der Waals surface area contributed by atoms with E-state index in [4.69, 9.17) is 5.73 Å². The smallest absolute Gasteiger partial charge is 0.119 e. The fourth-order valence-electron chi connectivity index (χ4n) is 0.813. The molecular formula is C12H22FN. The Morgan fingerprint density at radius 2 is 1.86 bits per heavy atom. The van der Waals surface area contributed by atoms with Gasteiger partial charge >= 0.3 is 0 Å². The van der Waals surface area contributed by atoms with Crippen LogP contribution < -0.4 is 5.73 Å². The minimum Gasteiger partial charge on any atom is -0.400 e. The quantitative estimate of drug-likeness (QED) is 0.682. The Morgan fingerprint density at radius 3 is 2.07 bits per heavy atom. The van der Waals surface area contributed by atoms with Crippen LogP contribution in [0.2, 0.25) is 0 Å².